The van der Waals surface area contributed by atoms with Gasteiger partial charge in [0, 0.05) is 25.3 Å². The Kier molecular flexibility index (Phi) is 7.31. The van der Waals surface area contributed by atoms with Crippen molar-refractivity contribution in [1.82, 2.24) is 9.80 Å². The Morgan fingerprint density at radius 2 is 1.46 bits per heavy atom. The van der Waals surface area contributed by atoms with E-state index in [0.717, 1.165) is 16.3 Å². The van der Waals surface area contributed by atoms with Crippen LogP contribution in [0.15, 0.2) is 127 Å². The number of benzene rings is 4. The quantitative estimate of drug-likeness (QED) is 0.299. The van der Waals surface area contributed by atoms with Gasteiger partial charge in [-0.15, -0.1) is 0 Å². The number of rotatable bonds is 6. The first-order valence-corrected chi connectivity index (χ1v) is 16.5. The maximum atomic E-state index is 15.1. The summed E-state index contributed by atoms with van der Waals surface area (Å²) in [6.45, 7) is 2.46. The second kappa shape index (κ2) is 11.6. The number of anilines is 1. The van der Waals surface area contributed by atoms with E-state index in [-0.39, 0.29) is 24.3 Å². The van der Waals surface area contributed by atoms with Crippen LogP contribution < -0.4 is 4.90 Å². The van der Waals surface area contributed by atoms with E-state index in [0.29, 0.717) is 24.3 Å². The Hall–Kier alpha value is -5.05. The molecule has 1 unspecified atom stereocenters. The first kappa shape index (κ1) is 30.3. The Morgan fingerprint density at radius 3 is 2.21 bits per heavy atom. The number of nitrogens with zero attached hydrogens (tertiary/aromatic N) is 3. The molecule has 1 spiro atoms. The zero-order valence-corrected chi connectivity index (χ0v) is 26.7. The highest BCUT2D eigenvalue weighted by atomic mass is 16.5. The van der Waals surface area contributed by atoms with Crippen LogP contribution >= 0.6 is 0 Å². The number of carbonyl (C=O) groups is 3. The smallest absolute Gasteiger partial charge is 0.253 e. The highest BCUT2D eigenvalue weighted by molar-refractivity contribution is 6.07. The van der Waals surface area contributed by atoms with E-state index < -0.39 is 41.7 Å². The lowest BCUT2D eigenvalue weighted by Crippen LogP contribution is -2.57. The summed E-state index contributed by atoms with van der Waals surface area (Å²) in [7, 11) is 0. The number of amides is 3. The molecule has 3 amide bonds. The summed E-state index contributed by atoms with van der Waals surface area (Å²) in [4.78, 5) is 49.8. The molecule has 1 N–H and O–H groups in total. The number of fused-ring (bicyclic) bond motifs is 3. The molecule has 4 aliphatic rings. The molecule has 2 saturated heterocycles. The lowest BCUT2D eigenvalue weighted by molar-refractivity contribution is -0.151. The molecule has 4 heterocycles. The van der Waals surface area contributed by atoms with Gasteiger partial charge in [0.05, 0.1) is 30.1 Å². The van der Waals surface area contributed by atoms with Gasteiger partial charge in [-0.3, -0.25) is 14.4 Å². The van der Waals surface area contributed by atoms with Gasteiger partial charge in [-0.2, -0.15) is 0 Å². The number of likely N-dealkylation sites (tertiary alicyclic amines) is 1. The summed E-state index contributed by atoms with van der Waals surface area (Å²) in [6.07, 6.45) is 7.56. The Labute approximate surface area is 279 Å². The molecule has 8 rings (SSSR count). The Bertz CT molecular complexity index is 1960. The normalized spacial score (nSPS) is 28.7. The van der Waals surface area contributed by atoms with Gasteiger partial charge in [0.2, 0.25) is 11.8 Å². The average Bonchev–Trinajstić information content (AvgIpc) is 3.38. The average molecular weight is 640 g/mol. The number of carbonyl (C=O) groups excluding carboxylic acids is 3. The molecule has 48 heavy (non-hydrogen) atoms. The molecule has 4 aromatic rings. The van der Waals surface area contributed by atoms with Crippen LogP contribution in [0.25, 0.3) is 10.8 Å². The van der Waals surface area contributed by atoms with Crippen LogP contribution in [-0.4, -0.2) is 69.6 Å². The van der Waals surface area contributed by atoms with Crippen molar-refractivity contribution in [2.75, 3.05) is 24.6 Å². The number of hydrogen-bond donors (Lipinski definition) is 1. The Balaban J connectivity index is 1.26. The van der Waals surface area contributed by atoms with Crippen LogP contribution in [0.3, 0.4) is 0 Å². The lowest BCUT2D eigenvalue weighted by Gasteiger charge is -2.40. The molecule has 8 nitrogen and oxygen atoms in total. The number of aliphatic hydroxyl groups is 1. The number of hydrogen-bond acceptors (Lipinski definition) is 5. The summed E-state index contributed by atoms with van der Waals surface area (Å²) < 4.78 is 7.04. The van der Waals surface area contributed by atoms with Crippen molar-refractivity contribution in [3.8, 4) is 0 Å². The summed E-state index contributed by atoms with van der Waals surface area (Å²) in [5.41, 5.74) is -0.217. The van der Waals surface area contributed by atoms with Gasteiger partial charge in [0.25, 0.3) is 5.91 Å². The van der Waals surface area contributed by atoms with Crippen molar-refractivity contribution >= 4 is 34.2 Å². The van der Waals surface area contributed by atoms with Crippen molar-refractivity contribution in [1.29, 1.82) is 0 Å². The summed E-state index contributed by atoms with van der Waals surface area (Å²) >= 11 is 0. The summed E-state index contributed by atoms with van der Waals surface area (Å²) in [5.74, 6) is -2.77. The van der Waals surface area contributed by atoms with Crippen LogP contribution in [0.1, 0.15) is 24.1 Å². The van der Waals surface area contributed by atoms with Crippen molar-refractivity contribution in [3.63, 3.8) is 0 Å². The molecule has 2 fully saturated rings. The van der Waals surface area contributed by atoms with Gasteiger partial charge in [-0.25, -0.2) is 0 Å². The first-order chi connectivity index (χ1) is 23.3. The third kappa shape index (κ3) is 4.62. The summed E-state index contributed by atoms with van der Waals surface area (Å²) in [6, 6.07) is 30.9. The van der Waals surface area contributed by atoms with Gasteiger partial charge < -0.3 is 24.5 Å². The summed E-state index contributed by atoms with van der Waals surface area (Å²) in [5, 5.41) is 12.9. The minimum atomic E-state index is -1.45. The molecular formula is C40H37N3O5. The lowest BCUT2D eigenvalue weighted by atomic mass is 9.74. The highest BCUT2D eigenvalue weighted by Gasteiger charge is 2.75. The van der Waals surface area contributed by atoms with Gasteiger partial charge in [0.1, 0.15) is 11.6 Å². The topological polar surface area (TPSA) is 90.4 Å². The first-order valence-electron chi connectivity index (χ1n) is 16.5. The fraction of sp³-hybridized carbons (Fsp3) is 0.275. The van der Waals surface area contributed by atoms with E-state index in [1.165, 1.54) is 4.90 Å². The number of aliphatic hydroxyl groups excluding tert-OH is 1. The van der Waals surface area contributed by atoms with Crippen molar-refractivity contribution in [2.45, 2.75) is 36.8 Å². The van der Waals surface area contributed by atoms with E-state index in [2.05, 4.69) is 0 Å². The molecule has 0 aliphatic carbocycles. The monoisotopic (exact) mass is 639 g/mol. The SMILES string of the molecule is C[C@@]12C=CCN(Cc3ccccc3)C(=O)[C@@H]1[C@H]1C(=O)N([C@H](CO)c3ccccc3)C3C(=O)N(c4ccc5ccccc5c4)CC=C[C@@]31O2. The fourth-order valence-electron chi connectivity index (χ4n) is 8.40. The molecular weight excluding hydrogens is 602 g/mol. The third-order valence-corrected chi connectivity index (χ3v) is 10.5. The standard InChI is InChI=1S/C40H37N3O5/c1-39-20-10-22-41(25-27-12-4-2-5-13-27)36(45)33(39)34-37(46)43(32(26-44)29-15-6-3-7-16-29)35-38(47)42(23-11-21-40(34,35)48-39)31-19-18-28-14-8-9-17-30(28)24-31/h2-21,24,32-35,44H,22-23,25-26H2,1H3/t32-,33+,34+,35?,39-,40+/m1/s1. The molecule has 0 saturated carbocycles. The van der Waals surface area contributed by atoms with E-state index in [4.69, 9.17) is 4.74 Å². The predicted molar refractivity (Wildman–Crippen MR) is 183 cm³/mol. The van der Waals surface area contributed by atoms with Gasteiger partial charge in [0.15, 0.2) is 0 Å². The molecule has 0 aromatic heterocycles. The molecule has 6 atom stereocenters. The van der Waals surface area contributed by atoms with Crippen molar-refractivity contribution in [3.05, 3.63) is 139 Å². The molecule has 8 heteroatoms. The van der Waals surface area contributed by atoms with Gasteiger partial charge in [-0.1, -0.05) is 115 Å². The molecule has 242 valence electrons. The molecule has 4 aromatic carbocycles. The molecule has 0 bridgehead atoms. The van der Waals surface area contributed by atoms with Gasteiger partial charge >= 0.3 is 0 Å². The number of ether oxygens (including phenoxy) is 1. The van der Waals surface area contributed by atoms with Crippen LogP contribution in [0.5, 0.6) is 0 Å². The zero-order valence-electron chi connectivity index (χ0n) is 26.7. The van der Waals surface area contributed by atoms with Crippen LogP contribution in [-0.2, 0) is 25.7 Å². The zero-order chi connectivity index (χ0) is 33.0. The predicted octanol–water partition coefficient (Wildman–Crippen LogP) is 5.05. The highest BCUT2D eigenvalue weighted by Crippen LogP contribution is 2.59. The van der Waals surface area contributed by atoms with Crippen LogP contribution in [0, 0.1) is 11.8 Å². The van der Waals surface area contributed by atoms with E-state index >= 15 is 9.59 Å². The van der Waals surface area contributed by atoms with E-state index in [9.17, 15) is 9.90 Å². The molecule has 4 aliphatic heterocycles. The minimum absolute atomic E-state index is 0.195. The van der Waals surface area contributed by atoms with E-state index in [1.807, 2.05) is 134 Å². The largest absolute Gasteiger partial charge is 0.394 e. The fourth-order valence-corrected chi connectivity index (χ4v) is 8.40. The maximum Gasteiger partial charge on any atom is 0.253 e. The molecule has 0 radical (unpaired) electrons. The minimum Gasteiger partial charge on any atom is -0.394 e. The van der Waals surface area contributed by atoms with Gasteiger partial charge in [-0.05, 0) is 41.0 Å². The van der Waals surface area contributed by atoms with Crippen molar-refractivity contribution in [2.24, 2.45) is 11.8 Å². The second-order valence-electron chi connectivity index (χ2n) is 13.3. The van der Waals surface area contributed by atoms with E-state index in [1.54, 1.807) is 9.80 Å². The van der Waals surface area contributed by atoms with Crippen LogP contribution in [0.4, 0.5) is 5.69 Å². The van der Waals surface area contributed by atoms with Crippen LogP contribution in [0.2, 0.25) is 0 Å². The Morgan fingerprint density at radius 1 is 0.771 bits per heavy atom. The third-order valence-electron chi connectivity index (χ3n) is 10.5. The second-order valence-corrected chi connectivity index (χ2v) is 13.3. The maximum absolute atomic E-state index is 15.1. The van der Waals surface area contributed by atoms with Crippen molar-refractivity contribution < 1.29 is 24.2 Å².